The number of epoxide rings is 1. The van der Waals surface area contributed by atoms with Gasteiger partial charge >= 0.3 is 5.97 Å². The van der Waals surface area contributed by atoms with E-state index >= 15 is 0 Å². The molecule has 0 spiro atoms. The second kappa shape index (κ2) is 13.9. The van der Waals surface area contributed by atoms with Crippen LogP contribution >= 0.6 is 0 Å². The second-order valence-corrected chi connectivity index (χ2v) is 6.23. The Morgan fingerprint density at radius 3 is 2.04 bits per heavy atom. The van der Waals surface area contributed by atoms with Crippen molar-refractivity contribution in [3.63, 3.8) is 0 Å². The molecule has 1 heterocycles. The molecule has 3 heteroatoms. The summed E-state index contributed by atoms with van der Waals surface area (Å²) in [5, 5.41) is 0. The highest BCUT2D eigenvalue weighted by atomic mass is 16.6. The number of carbonyl (C=O) groups is 1. The van der Waals surface area contributed by atoms with E-state index in [1.807, 2.05) is 0 Å². The quantitative estimate of drug-likeness (QED) is 0.239. The summed E-state index contributed by atoms with van der Waals surface area (Å²) in [6.07, 6.45) is 12.9. The van der Waals surface area contributed by atoms with Crippen LogP contribution in [0.2, 0.25) is 0 Å². The van der Waals surface area contributed by atoms with Crippen LogP contribution in [0.5, 0.6) is 0 Å². The number of carbonyl (C=O) groups excluding carboxylic acids is 1. The van der Waals surface area contributed by atoms with Gasteiger partial charge < -0.3 is 9.47 Å². The number of hydrogen-bond donors (Lipinski definition) is 0. The van der Waals surface area contributed by atoms with Crippen LogP contribution in [0.25, 0.3) is 0 Å². The minimum absolute atomic E-state index is 0.106. The molecule has 0 aliphatic carbocycles. The fraction of sp³-hybridized carbons (Fsp3) is 0.762. The topological polar surface area (TPSA) is 38.8 Å². The van der Waals surface area contributed by atoms with Crippen LogP contribution in [0.1, 0.15) is 84.0 Å². The highest BCUT2D eigenvalue weighted by Crippen LogP contribution is 2.27. The van der Waals surface area contributed by atoms with Gasteiger partial charge in [-0.2, -0.15) is 0 Å². The van der Waals surface area contributed by atoms with Gasteiger partial charge in [-0.3, -0.25) is 4.79 Å². The molecular weight excluding hydrogens is 300 g/mol. The normalized spacial score (nSPS) is 18.1. The lowest BCUT2D eigenvalue weighted by Crippen LogP contribution is -1.98. The summed E-state index contributed by atoms with van der Waals surface area (Å²) in [6.45, 7) is 2.16. The first-order chi connectivity index (χ1) is 11.8. The van der Waals surface area contributed by atoms with Crippen molar-refractivity contribution >= 4 is 5.97 Å². The van der Waals surface area contributed by atoms with E-state index in [4.69, 9.17) is 4.74 Å². The van der Waals surface area contributed by atoms with E-state index in [0.717, 1.165) is 70.6 Å². The molecule has 2 atom stereocenters. The predicted molar refractivity (Wildman–Crippen MR) is 97.3 cm³/mol. The number of unbranched alkanes of at least 4 members (excludes halogenated alkanes) is 7. The van der Waals surface area contributed by atoms with E-state index in [9.17, 15) is 4.79 Å². The Morgan fingerprint density at radius 1 is 0.875 bits per heavy atom. The molecule has 0 aromatic carbocycles. The molecule has 0 amide bonds. The van der Waals surface area contributed by atoms with E-state index in [2.05, 4.69) is 35.3 Å². The Kier molecular flexibility index (Phi) is 12.0. The predicted octanol–water partition coefficient (Wildman–Crippen LogP) is 4.63. The lowest BCUT2D eigenvalue weighted by molar-refractivity contribution is -0.140. The third-order valence-electron chi connectivity index (χ3n) is 4.16. The molecule has 1 saturated heterocycles. The Labute approximate surface area is 147 Å². The van der Waals surface area contributed by atoms with Gasteiger partial charge in [-0.1, -0.05) is 19.8 Å². The maximum absolute atomic E-state index is 10.9. The summed E-state index contributed by atoms with van der Waals surface area (Å²) in [5.41, 5.74) is 0. The summed E-state index contributed by atoms with van der Waals surface area (Å²) in [6, 6.07) is 0. The summed E-state index contributed by atoms with van der Waals surface area (Å²) in [4.78, 5) is 10.9. The smallest absolute Gasteiger partial charge is 0.305 e. The van der Waals surface area contributed by atoms with E-state index in [1.165, 1.54) is 7.11 Å². The Hall–Kier alpha value is -1.45. The van der Waals surface area contributed by atoms with Crippen molar-refractivity contribution in [3.8, 4) is 23.7 Å². The van der Waals surface area contributed by atoms with E-state index in [1.54, 1.807) is 0 Å². The maximum Gasteiger partial charge on any atom is 0.305 e. The summed E-state index contributed by atoms with van der Waals surface area (Å²) in [7, 11) is 1.44. The van der Waals surface area contributed by atoms with E-state index < -0.39 is 0 Å². The lowest BCUT2D eigenvalue weighted by atomic mass is 10.1. The molecule has 0 aromatic heterocycles. The summed E-state index contributed by atoms with van der Waals surface area (Å²) in [5.74, 6) is 12.8. The van der Waals surface area contributed by atoms with Crippen LogP contribution < -0.4 is 0 Å². The monoisotopic (exact) mass is 332 g/mol. The van der Waals surface area contributed by atoms with Crippen LogP contribution in [-0.2, 0) is 14.3 Å². The van der Waals surface area contributed by atoms with Gasteiger partial charge in [0.25, 0.3) is 0 Å². The fourth-order valence-electron chi connectivity index (χ4n) is 2.52. The molecule has 1 fully saturated rings. The average Bonchev–Trinajstić information content (AvgIpc) is 3.36. The average molecular weight is 332 g/mol. The van der Waals surface area contributed by atoms with Crippen LogP contribution in [-0.4, -0.2) is 25.3 Å². The van der Waals surface area contributed by atoms with Crippen LogP contribution in [0.4, 0.5) is 0 Å². The van der Waals surface area contributed by atoms with E-state index in [-0.39, 0.29) is 5.97 Å². The zero-order valence-electron chi connectivity index (χ0n) is 15.4. The van der Waals surface area contributed by atoms with Crippen molar-refractivity contribution in [2.24, 2.45) is 0 Å². The van der Waals surface area contributed by atoms with Gasteiger partial charge in [-0.15, -0.1) is 23.7 Å². The van der Waals surface area contributed by atoms with Gasteiger partial charge in [0, 0.05) is 32.1 Å². The number of ether oxygens (including phenoxy) is 2. The summed E-state index contributed by atoms with van der Waals surface area (Å²) < 4.78 is 10.1. The molecule has 24 heavy (non-hydrogen) atoms. The standard InChI is InChI=1S/C21H32O3/c1-3-19-20(24-19)17-15-13-11-9-7-5-4-6-8-10-12-14-16-18-21(22)23-2/h19-20H,3,5,7-12,14,16-18H2,1-2H3. The third-order valence-corrected chi connectivity index (χ3v) is 4.16. The molecule has 1 rings (SSSR count). The molecule has 0 radical (unpaired) electrons. The molecule has 1 aliphatic rings. The SMILES string of the molecule is CCC1OC1CC#CCCCCC#CCCCCCCC(=O)OC. The lowest BCUT2D eigenvalue weighted by Gasteiger charge is -1.98. The minimum Gasteiger partial charge on any atom is -0.469 e. The molecule has 0 saturated carbocycles. The first-order valence-electron chi connectivity index (χ1n) is 9.41. The minimum atomic E-state index is -0.106. The number of hydrogen-bond acceptors (Lipinski definition) is 3. The van der Waals surface area contributed by atoms with Gasteiger partial charge in [-0.05, 0) is 32.1 Å². The van der Waals surface area contributed by atoms with E-state index in [0.29, 0.717) is 18.6 Å². The molecule has 1 aliphatic heterocycles. The van der Waals surface area contributed by atoms with Crippen molar-refractivity contribution in [3.05, 3.63) is 0 Å². The maximum atomic E-state index is 10.9. The Morgan fingerprint density at radius 2 is 1.46 bits per heavy atom. The molecule has 0 N–H and O–H groups in total. The second-order valence-electron chi connectivity index (χ2n) is 6.23. The highest BCUT2D eigenvalue weighted by molar-refractivity contribution is 5.68. The molecule has 2 unspecified atom stereocenters. The largest absolute Gasteiger partial charge is 0.469 e. The van der Waals surface area contributed by atoms with Crippen LogP contribution in [0, 0.1) is 23.7 Å². The van der Waals surface area contributed by atoms with Crippen molar-refractivity contribution in [1.29, 1.82) is 0 Å². The van der Waals surface area contributed by atoms with Crippen LogP contribution in [0.15, 0.2) is 0 Å². The van der Waals surface area contributed by atoms with Gasteiger partial charge in [0.15, 0.2) is 0 Å². The first kappa shape index (κ1) is 20.6. The van der Waals surface area contributed by atoms with Gasteiger partial charge in [0.05, 0.1) is 19.3 Å². The van der Waals surface area contributed by atoms with Gasteiger partial charge in [0.2, 0.25) is 0 Å². The molecular formula is C21H32O3. The van der Waals surface area contributed by atoms with Crippen molar-refractivity contribution in [1.82, 2.24) is 0 Å². The van der Waals surface area contributed by atoms with Crippen LogP contribution in [0.3, 0.4) is 0 Å². The third kappa shape index (κ3) is 11.1. The van der Waals surface area contributed by atoms with Crippen molar-refractivity contribution in [2.75, 3.05) is 7.11 Å². The zero-order valence-corrected chi connectivity index (χ0v) is 15.4. The van der Waals surface area contributed by atoms with Crippen molar-refractivity contribution < 1.29 is 14.3 Å². The number of methoxy groups -OCH3 is 1. The number of esters is 1. The Balaban J connectivity index is 1.81. The zero-order chi connectivity index (χ0) is 17.5. The highest BCUT2D eigenvalue weighted by Gasteiger charge is 2.35. The summed E-state index contributed by atoms with van der Waals surface area (Å²) >= 11 is 0. The first-order valence-corrected chi connectivity index (χ1v) is 9.41. The molecule has 134 valence electrons. The number of rotatable bonds is 11. The molecule has 0 bridgehead atoms. The van der Waals surface area contributed by atoms with Gasteiger partial charge in [-0.25, -0.2) is 0 Å². The van der Waals surface area contributed by atoms with Crippen molar-refractivity contribution in [2.45, 2.75) is 96.2 Å². The fourth-order valence-corrected chi connectivity index (χ4v) is 2.52. The molecule has 3 nitrogen and oxygen atoms in total. The molecule has 0 aromatic rings. The Bertz CT molecular complexity index is 461. The van der Waals surface area contributed by atoms with Gasteiger partial charge in [0.1, 0.15) is 0 Å².